The largest absolute Gasteiger partial charge is 0.393 e. The molecule has 0 amide bonds. The van der Waals surface area contributed by atoms with Crippen molar-refractivity contribution in [3.05, 3.63) is 58.7 Å². The highest BCUT2D eigenvalue weighted by molar-refractivity contribution is 6.68. The monoisotopic (exact) mass is 442 g/mol. The van der Waals surface area contributed by atoms with Gasteiger partial charge in [-0.3, -0.25) is 9.59 Å². The van der Waals surface area contributed by atoms with Gasteiger partial charge in [0.05, 0.1) is 12.8 Å². The molecule has 0 bridgehead atoms. The highest BCUT2D eigenvalue weighted by atomic mass is 35.5. The van der Waals surface area contributed by atoms with Crippen molar-refractivity contribution < 1.29 is 35.9 Å². The fraction of sp³-hybridized carbons (Fsp3) is 0.222. The first-order valence-electron chi connectivity index (χ1n) is 7.56. The Labute approximate surface area is 165 Å². The van der Waals surface area contributed by atoms with E-state index in [4.69, 9.17) is 23.2 Å². The summed E-state index contributed by atoms with van der Waals surface area (Å²) in [6.45, 7) is 0. The number of halogens is 8. The standard InChI is InChI=1S/C18H10Cl2F6O2/c19-15(27)9-1-3-13(11(5-9)7-17(21,22)23)14-4-2-10(16(20)28)6-12(14)8-18(24,25)26/h1-6H,7-8H2. The maximum absolute atomic E-state index is 13.0. The van der Waals surface area contributed by atoms with Crippen LogP contribution in [0.2, 0.25) is 0 Å². The van der Waals surface area contributed by atoms with Gasteiger partial charge in [-0.15, -0.1) is 0 Å². The van der Waals surface area contributed by atoms with Gasteiger partial charge in [-0.1, -0.05) is 12.1 Å². The van der Waals surface area contributed by atoms with E-state index in [-0.39, 0.29) is 22.3 Å². The van der Waals surface area contributed by atoms with Crippen molar-refractivity contribution in [2.45, 2.75) is 25.2 Å². The fourth-order valence-corrected chi connectivity index (χ4v) is 2.92. The van der Waals surface area contributed by atoms with Crippen LogP contribution in [0, 0.1) is 0 Å². The van der Waals surface area contributed by atoms with Crippen LogP contribution in [0.15, 0.2) is 36.4 Å². The lowest BCUT2D eigenvalue weighted by Crippen LogP contribution is -2.15. The number of hydrogen-bond donors (Lipinski definition) is 0. The van der Waals surface area contributed by atoms with E-state index in [9.17, 15) is 35.9 Å². The molecule has 0 atom stereocenters. The molecule has 28 heavy (non-hydrogen) atoms. The van der Waals surface area contributed by atoms with Crippen LogP contribution in [0.25, 0.3) is 11.1 Å². The molecule has 0 N–H and O–H groups in total. The quantitative estimate of drug-likeness (QED) is 0.401. The van der Waals surface area contributed by atoms with E-state index in [2.05, 4.69) is 0 Å². The average Bonchev–Trinajstić information content (AvgIpc) is 2.52. The molecule has 0 saturated heterocycles. The van der Waals surface area contributed by atoms with Crippen LogP contribution in [0.3, 0.4) is 0 Å². The Kier molecular flexibility index (Phi) is 6.45. The predicted molar refractivity (Wildman–Crippen MR) is 91.8 cm³/mol. The van der Waals surface area contributed by atoms with E-state index >= 15 is 0 Å². The molecule has 0 fully saturated rings. The number of alkyl halides is 6. The summed E-state index contributed by atoms with van der Waals surface area (Å²) in [5, 5.41) is -2.01. The minimum atomic E-state index is -4.68. The summed E-state index contributed by atoms with van der Waals surface area (Å²) in [5.41, 5.74) is -1.62. The highest BCUT2D eigenvalue weighted by Gasteiger charge is 2.32. The molecule has 10 heteroatoms. The van der Waals surface area contributed by atoms with Gasteiger partial charge in [0.1, 0.15) is 0 Å². The van der Waals surface area contributed by atoms with E-state index in [1.54, 1.807) is 0 Å². The van der Waals surface area contributed by atoms with Crippen molar-refractivity contribution in [1.29, 1.82) is 0 Å². The van der Waals surface area contributed by atoms with Gasteiger partial charge in [0.25, 0.3) is 10.5 Å². The molecular formula is C18H10Cl2F6O2. The summed E-state index contributed by atoms with van der Waals surface area (Å²) in [5.74, 6) is 0. The number of benzene rings is 2. The second-order valence-electron chi connectivity index (χ2n) is 5.88. The van der Waals surface area contributed by atoms with Crippen LogP contribution >= 0.6 is 23.2 Å². The second kappa shape index (κ2) is 8.13. The van der Waals surface area contributed by atoms with E-state index in [1.807, 2.05) is 0 Å². The van der Waals surface area contributed by atoms with Crippen LogP contribution in [-0.2, 0) is 12.8 Å². The first-order valence-corrected chi connectivity index (χ1v) is 8.32. The number of carbonyl (C=O) groups is 2. The van der Waals surface area contributed by atoms with Crippen molar-refractivity contribution in [3.8, 4) is 11.1 Å². The number of rotatable bonds is 5. The predicted octanol–water partition coefficient (Wildman–Crippen LogP) is 6.32. The molecule has 0 saturated carbocycles. The summed E-state index contributed by atoms with van der Waals surface area (Å²) in [6, 6.07) is 6.18. The van der Waals surface area contributed by atoms with Gasteiger partial charge in [0, 0.05) is 11.1 Å². The molecule has 0 heterocycles. The fourth-order valence-electron chi connectivity index (χ4n) is 2.68. The molecule has 150 valence electrons. The Morgan fingerprint density at radius 2 is 1.00 bits per heavy atom. The lowest BCUT2D eigenvalue weighted by atomic mass is 9.90. The zero-order valence-electron chi connectivity index (χ0n) is 13.7. The third kappa shape index (κ3) is 5.97. The van der Waals surface area contributed by atoms with E-state index in [0.717, 1.165) is 36.4 Å². The van der Waals surface area contributed by atoms with E-state index < -0.39 is 46.8 Å². The first kappa shape index (κ1) is 22.2. The second-order valence-corrected chi connectivity index (χ2v) is 6.56. The molecule has 2 aromatic carbocycles. The van der Waals surface area contributed by atoms with Crippen molar-refractivity contribution >= 4 is 33.7 Å². The van der Waals surface area contributed by atoms with E-state index in [1.165, 1.54) is 0 Å². The third-order valence-electron chi connectivity index (χ3n) is 3.74. The van der Waals surface area contributed by atoms with Gasteiger partial charge < -0.3 is 0 Å². The van der Waals surface area contributed by atoms with Crippen molar-refractivity contribution in [2.75, 3.05) is 0 Å². The van der Waals surface area contributed by atoms with Crippen molar-refractivity contribution in [3.63, 3.8) is 0 Å². The molecule has 0 aliphatic heterocycles. The minimum absolute atomic E-state index is 0.160. The SMILES string of the molecule is O=C(Cl)c1ccc(-c2ccc(C(=O)Cl)cc2CC(F)(F)F)c(CC(F)(F)F)c1. The zero-order valence-corrected chi connectivity index (χ0v) is 15.2. The maximum Gasteiger partial charge on any atom is 0.393 e. The van der Waals surface area contributed by atoms with Crippen LogP contribution in [0.1, 0.15) is 31.8 Å². The number of hydrogen-bond acceptors (Lipinski definition) is 2. The van der Waals surface area contributed by atoms with Crippen LogP contribution < -0.4 is 0 Å². The van der Waals surface area contributed by atoms with Crippen molar-refractivity contribution in [2.24, 2.45) is 0 Å². The summed E-state index contributed by atoms with van der Waals surface area (Å²) < 4.78 is 77.7. The molecule has 0 unspecified atom stereocenters. The van der Waals surface area contributed by atoms with Crippen LogP contribution in [0.4, 0.5) is 26.3 Å². The first-order chi connectivity index (χ1) is 12.8. The van der Waals surface area contributed by atoms with E-state index in [0.29, 0.717) is 0 Å². The Morgan fingerprint density at radius 1 is 0.679 bits per heavy atom. The summed E-state index contributed by atoms with van der Waals surface area (Å²) in [6.07, 6.45) is -12.3. The normalized spacial score (nSPS) is 12.1. The lowest BCUT2D eigenvalue weighted by molar-refractivity contribution is -0.128. The Morgan fingerprint density at radius 3 is 1.25 bits per heavy atom. The smallest absolute Gasteiger partial charge is 0.276 e. The van der Waals surface area contributed by atoms with Gasteiger partial charge in [-0.25, -0.2) is 0 Å². The van der Waals surface area contributed by atoms with Gasteiger partial charge in [0.2, 0.25) is 0 Å². The summed E-state index contributed by atoms with van der Waals surface area (Å²) in [4.78, 5) is 22.5. The summed E-state index contributed by atoms with van der Waals surface area (Å²) >= 11 is 10.6. The molecule has 2 rings (SSSR count). The van der Waals surface area contributed by atoms with Gasteiger partial charge in [0.15, 0.2) is 0 Å². The number of carbonyl (C=O) groups excluding carboxylic acids is 2. The molecule has 0 radical (unpaired) electrons. The Hall–Kier alpha value is -2.06. The average molecular weight is 443 g/mol. The van der Waals surface area contributed by atoms with Crippen LogP contribution in [-0.4, -0.2) is 22.8 Å². The van der Waals surface area contributed by atoms with Gasteiger partial charge in [-0.05, 0) is 69.7 Å². The van der Waals surface area contributed by atoms with Gasteiger partial charge >= 0.3 is 12.4 Å². The maximum atomic E-state index is 13.0. The molecular weight excluding hydrogens is 433 g/mol. The molecule has 0 aliphatic rings. The Balaban J connectivity index is 2.71. The molecule has 2 nitrogen and oxygen atoms in total. The Bertz CT molecular complexity index is 844. The van der Waals surface area contributed by atoms with Crippen LogP contribution in [0.5, 0.6) is 0 Å². The minimum Gasteiger partial charge on any atom is -0.276 e. The van der Waals surface area contributed by atoms with Crippen molar-refractivity contribution in [1.82, 2.24) is 0 Å². The zero-order chi connectivity index (χ0) is 21.3. The summed E-state index contributed by atoms with van der Waals surface area (Å²) in [7, 11) is 0. The van der Waals surface area contributed by atoms with Gasteiger partial charge in [-0.2, -0.15) is 26.3 Å². The molecule has 0 aromatic heterocycles. The molecule has 0 aliphatic carbocycles. The topological polar surface area (TPSA) is 34.1 Å². The lowest BCUT2D eigenvalue weighted by Gasteiger charge is -2.17. The third-order valence-corrected chi connectivity index (χ3v) is 4.17. The highest BCUT2D eigenvalue weighted by Crippen LogP contribution is 2.35. The molecule has 0 spiro atoms. The molecule has 2 aromatic rings.